The van der Waals surface area contributed by atoms with Crippen molar-refractivity contribution in [2.75, 3.05) is 0 Å². The molecule has 0 atom stereocenters. The summed E-state index contributed by atoms with van der Waals surface area (Å²) in [5.74, 6) is 0. The Hall–Kier alpha value is -0.330. The SMILES string of the molecule is CCCC(C)(CCC)CC(C)=N. The molecular weight excluding hydrogens is 146 g/mol. The van der Waals surface area contributed by atoms with Gasteiger partial charge in [-0.2, -0.15) is 0 Å². The number of rotatable bonds is 6. The van der Waals surface area contributed by atoms with Crippen LogP contribution in [0.3, 0.4) is 0 Å². The zero-order valence-electron chi connectivity index (χ0n) is 9.04. The van der Waals surface area contributed by atoms with Crippen molar-refractivity contribution in [3.63, 3.8) is 0 Å². The molecule has 0 aromatic heterocycles. The van der Waals surface area contributed by atoms with E-state index < -0.39 is 0 Å². The van der Waals surface area contributed by atoms with Gasteiger partial charge in [0.2, 0.25) is 0 Å². The number of hydrogen-bond acceptors (Lipinski definition) is 1. The van der Waals surface area contributed by atoms with Gasteiger partial charge in [0.05, 0.1) is 0 Å². The first kappa shape index (κ1) is 11.7. The number of nitrogens with one attached hydrogen (secondary N) is 1. The van der Waals surface area contributed by atoms with Crippen molar-refractivity contribution < 1.29 is 0 Å². The molecule has 0 aliphatic rings. The Morgan fingerprint density at radius 2 is 1.58 bits per heavy atom. The lowest BCUT2D eigenvalue weighted by Gasteiger charge is -2.28. The van der Waals surface area contributed by atoms with Gasteiger partial charge in [0.25, 0.3) is 0 Å². The minimum absolute atomic E-state index is 0.398. The van der Waals surface area contributed by atoms with Crippen molar-refractivity contribution in [1.82, 2.24) is 0 Å². The molecule has 1 heteroatoms. The van der Waals surface area contributed by atoms with Crippen LogP contribution < -0.4 is 0 Å². The summed E-state index contributed by atoms with van der Waals surface area (Å²) in [5, 5.41) is 7.51. The molecule has 0 unspecified atom stereocenters. The van der Waals surface area contributed by atoms with E-state index in [1.807, 2.05) is 6.92 Å². The van der Waals surface area contributed by atoms with Crippen LogP contribution in [-0.2, 0) is 0 Å². The Balaban J connectivity index is 4.07. The molecule has 12 heavy (non-hydrogen) atoms. The fraction of sp³-hybridized carbons (Fsp3) is 0.909. The van der Waals surface area contributed by atoms with E-state index in [-0.39, 0.29) is 0 Å². The molecule has 0 amide bonds. The van der Waals surface area contributed by atoms with Crippen molar-refractivity contribution in [1.29, 1.82) is 5.41 Å². The highest BCUT2D eigenvalue weighted by Gasteiger charge is 2.22. The molecule has 0 aromatic rings. The maximum absolute atomic E-state index is 7.51. The average Bonchev–Trinajstić information content (AvgIpc) is 1.85. The van der Waals surface area contributed by atoms with E-state index in [0.717, 1.165) is 12.1 Å². The molecule has 0 aliphatic heterocycles. The fourth-order valence-electron chi connectivity index (χ4n) is 2.15. The predicted octanol–water partition coefficient (Wildman–Crippen LogP) is 4.02. The lowest BCUT2D eigenvalue weighted by Crippen LogP contribution is -2.19. The van der Waals surface area contributed by atoms with E-state index in [2.05, 4.69) is 20.8 Å². The van der Waals surface area contributed by atoms with Gasteiger partial charge in [-0.1, -0.05) is 33.6 Å². The van der Waals surface area contributed by atoms with Crippen LogP contribution in [0.2, 0.25) is 0 Å². The summed E-state index contributed by atoms with van der Waals surface area (Å²) in [6, 6.07) is 0. The lowest BCUT2D eigenvalue weighted by molar-refractivity contribution is 0.277. The van der Waals surface area contributed by atoms with Crippen molar-refractivity contribution in [3.8, 4) is 0 Å². The molecule has 0 saturated heterocycles. The third-order valence-electron chi connectivity index (χ3n) is 2.40. The van der Waals surface area contributed by atoms with Gasteiger partial charge in [0.15, 0.2) is 0 Å². The van der Waals surface area contributed by atoms with Gasteiger partial charge in [-0.3, -0.25) is 0 Å². The Bertz CT molecular complexity index is 132. The van der Waals surface area contributed by atoms with Crippen molar-refractivity contribution in [3.05, 3.63) is 0 Å². The minimum atomic E-state index is 0.398. The van der Waals surface area contributed by atoms with Crippen LogP contribution >= 0.6 is 0 Å². The van der Waals surface area contributed by atoms with Gasteiger partial charge in [-0.05, 0) is 31.6 Å². The molecule has 0 bridgehead atoms. The largest absolute Gasteiger partial charge is 0.310 e. The minimum Gasteiger partial charge on any atom is -0.310 e. The predicted molar refractivity (Wildman–Crippen MR) is 55.9 cm³/mol. The monoisotopic (exact) mass is 169 g/mol. The first-order valence-corrected chi connectivity index (χ1v) is 5.08. The quantitative estimate of drug-likeness (QED) is 0.581. The standard InChI is InChI=1S/C11H23N/c1-5-7-11(4,8-6-2)9-10(3)12/h12H,5-9H2,1-4H3. The summed E-state index contributed by atoms with van der Waals surface area (Å²) >= 11 is 0. The Kier molecular flexibility index (Phi) is 5.19. The summed E-state index contributed by atoms with van der Waals surface area (Å²) in [4.78, 5) is 0. The van der Waals surface area contributed by atoms with Gasteiger partial charge in [0, 0.05) is 5.71 Å². The molecule has 0 heterocycles. The Morgan fingerprint density at radius 1 is 1.17 bits per heavy atom. The van der Waals surface area contributed by atoms with Crippen molar-refractivity contribution in [2.24, 2.45) is 5.41 Å². The molecule has 0 fully saturated rings. The maximum atomic E-state index is 7.51. The molecule has 0 radical (unpaired) electrons. The molecule has 72 valence electrons. The van der Waals surface area contributed by atoms with E-state index in [1.165, 1.54) is 25.7 Å². The summed E-state index contributed by atoms with van der Waals surface area (Å²) in [7, 11) is 0. The van der Waals surface area contributed by atoms with Gasteiger partial charge < -0.3 is 5.41 Å². The topological polar surface area (TPSA) is 23.9 Å². The third kappa shape index (κ3) is 4.53. The summed E-state index contributed by atoms with van der Waals surface area (Å²) < 4.78 is 0. The third-order valence-corrected chi connectivity index (χ3v) is 2.40. The van der Waals surface area contributed by atoms with E-state index in [4.69, 9.17) is 5.41 Å². The molecule has 0 aliphatic carbocycles. The van der Waals surface area contributed by atoms with Crippen molar-refractivity contribution >= 4 is 5.71 Å². The summed E-state index contributed by atoms with van der Waals surface area (Å²) in [6.45, 7) is 8.70. The van der Waals surface area contributed by atoms with Gasteiger partial charge in [-0.25, -0.2) is 0 Å². The van der Waals surface area contributed by atoms with E-state index in [0.29, 0.717) is 5.41 Å². The van der Waals surface area contributed by atoms with Crippen LogP contribution in [0.25, 0.3) is 0 Å². The highest BCUT2D eigenvalue weighted by Crippen LogP contribution is 2.33. The van der Waals surface area contributed by atoms with Crippen molar-refractivity contribution in [2.45, 2.75) is 59.8 Å². The molecule has 0 aromatic carbocycles. The maximum Gasteiger partial charge on any atom is 0.00636 e. The molecule has 1 nitrogen and oxygen atoms in total. The number of hydrogen-bond donors (Lipinski definition) is 1. The van der Waals surface area contributed by atoms with E-state index >= 15 is 0 Å². The van der Waals surface area contributed by atoms with Crippen LogP contribution in [-0.4, -0.2) is 5.71 Å². The molecule has 0 saturated carbocycles. The van der Waals surface area contributed by atoms with Crippen LogP contribution in [0.1, 0.15) is 59.8 Å². The highest BCUT2D eigenvalue weighted by atomic mass is 14.4. The van der Waals surface area contributed by atoms with E-state index in [9.17, 15) is 0 Å². The lowest BCUT2D eigenvalue weighted by atomic mass is 9.77. The second kappa shape index (κ2) is 5.34. The zero-order chi connectivity index (χ0) is 9.61. The first-order valence-electron chi connectivity index (χ1n) is 5.08. The van der Waals surface area contributed by atoms with Crippen LogP contribution in [0, 0.1) is 10.8 Å². The summed E-state index contributed by atoms with van der Waals surface area (Å²) in [5.41, 5.74) is 1.23. The Labute approximate surface area is 77.1 Å². The zero-order valence-corrected chi connectivity index (χ0v) is 9.04. The first-order chi connectivity index (χ1) is 5.54. The van der Waals surface area contributed by atoms with Gasteiger partial charge >= 0.3 is 0 Å². The Morgan fingerprint density at radius 3 is 1.83 bits per heavy atom. The fourth-order valence-corrected chi connectivity index (χ4v) is 2.15. The molecule has 0 spiro atoms. The smallest absolute Gasteiger partial charge is 0.00636 e. The average molecular weight is 169 g/mol. The van der Waals surface area contributed by atoms with Crippen LogP contribution in [0.5, 0.6) is 0 Å². The second-order valence-corrected chi connectivity index (χ2v) is 4.27. The second-order valence-electron chi connectivity index (χ2n) is 4.27. The van der Waals surface area contributed by atoms with Crippen LogP contribution in [0.4, 0.5) is 0 Å². The summed E-state index contributed by atoms with van der Waals surface area (Å²) in [6.07, 6.45) is 5.98. The normalized spacial score (nSPS) is 11.7. The van der Waals surface area contributed by atoms with Crippen LogP contribution in [0.15, 0.2) is 0 Å². The van der Waals surface area contributed by atoms with Gasteiger partial charge in [-0.15, -0.1) is 0 Å². The molecule has 1 N–H and O–H groups in total. The van der Waals surface area contributed by atoms with Gasteiger partial charge in [0.1, 0.15) is 0 Å². The van der Waals surface area contributed by atoms with E-state index in [1.54, 1.807) is 0 Å². The highest BCUT2D eigenvalue weighted by molar-refractivity contribution is 5.79. The molecular formula is C11H23N. The molecule has 0 rings (SSSR count).